The Kier molecular flexibility index (Phi) is 6.07. The summed E-state index contributed by atoms with van der Waals surface area (Å²) in [6, 6.07) is 13.5. The van der Waals surface area contributed by atoms with Crippen LogP contribution in [0.15, 0.2) is 42.5 Å². The molecule has 25 heavy (non-hydrogen) atoms. The normalized spacial score (nSPS) is 11.1. The number of hydrogen-bond acceptors (Lipinski definition) is 3. The lowest BCUT2D eigenvalue weighted by atomic mass is 9.87. The highest BCUT2D eigenvalue weighted by atomic mass is 16.5. The summed E-state index contributed by atoms with van der Waals surface area (Å²) in [7, 11) is 1.62. The summed E-state index contributed by atoms with van der Waals surface area (Å²) in [5.41, 5.74) is 2.81. The molecule has 2 rings (SSSR count). The van der Waals surface area contributed by atoms with E-state index >= 15 is 0 Å². The van der Waals surface area contributed by atoms with Gasteiger partial charge in [0.15, 0.2) is 0 Å². The fraction of sp³-hybridized carbons (Fsp3) is 0.381. The molecule has 4 nitrogen and oxygen atoms in total. The van der Waals surface area contributed by atoms with E-state index in [4.69, 9.17) is 9.47 Å². The fourth-order valence-electron chi connectivity index (χ4n) is 2.49. The maximum Gasteiger partial charge on any atom is 0.251 e. The van der Waals surface area contributed by atoms with Crippen molar-refractivity contribution in [3.05, 3.63) is 59.2 Å². The van der Waals surface area contributed by atoms with E-state index in [0.717, 1.165) is 17.1 Å². The molecule has 0 saturated heterocycles. The van der Waals surface area contributed by atoms with E-state index in [9.17, 15) is 4.79 Å². The van der Waals surface area contributed by atoms with Crippen LogP contribution in [-0.4, -0.2) is 19.6 Å². The third-order valence-corrected chi connectivity index (χ3v) is 3.96. The van der Waals surface area contributed by atoms with Gasteiger partial charge in [0.05, 0.1) is 6.61 Å². The van der Waals surface area contributed by atoms with Crippen molar-refractivity contribution in [1.82, 2.24) is 5.32 Å². The Bertz CT molecular complexity index is 715. The van der Waals surface area contributed by atoms with Crippen LogP contribution in [0.5, 0.6) is 11.5 Å². The summed E-state index contributed by atoms with van der Waals surface area (Å²) < 4.78 is 11.5. The second-order valence-corrected chi connectivity index (χ2v) is 6.90. The van der Waals surface area contributed by atoms with Crippen LogP contribution in [0.3, 0.4) is 0 Å². The van der Waals surface area contributed by atoms with Gasteiger partial charge in [0.1, 0.15) is 18.1 Å². The van der Waals surface area contributed by atoms with Crippen molar-refractivity contribution in [2.75, 3.05) is 13.7 Å². The molecular weight excluding hydrogens is 314 g/mol. The monoisotopic (exact) mass is 341 g/mol. The molecule has 134 valence electrons. The number of rotatable bonds is 6. The van der Waals surface area contributed by atoms with Gasteiger partial charge in [0, 0.05) is 18.2 Å². The van der Waals surface area contributed by atoms with Gasteiger partial charge < -0.3 is 14.8 Å². The maximum absolute atomic E-state index is 11.8. The van der Waals surface area contributed by atoms with Crippen LogP contribution in [-0.2, 0) is 12.0 Å². The molecule has 2 aromatic carbocycles. The Hall–Kier alpha value is -2.49. The average Bonchev–Trinajstić information content (AvgIpc) is 2.60. The first-order chi connectivity index (χ1) is 11.8. The lowest BCUT2D eigenvalue weighted by molar-refractivity contribution is 0.0963. The van der Waals surface area contributed by atoms with E-state index in [0.29, 0.717) is 18.8 Å². The minimum atomic E-state index is -0.126. The van der Waals surface area contributed by atoms with Gasteiger partial charge in [-0.1, -0.05) is 32.9 Å². The Labute approximate surface area is 150 Å². The molecular formula is C21H27NO3. The quantitative estimate of drug-likeness (QED) is 0.851. The maximum atomic E-state index is 11.8. The van der Waals surface area contributed by atoms with Crippen LogP contribution in [0.4, 0.5) is 0 Å². The third kappa shape index (κ3) is 4.99. The zero-order valence-electron chi connectivity index (χ0n) is 15.7. The van der Waals surface area contributed by atoms with Crippen molar-refractivity contribution in [3.63, 3.8) is 0 Å². The zero-order valence-corrected chi connectivity index (χ0v) is 15.7. The molecule has 0 atom stereocenters. The number of hydrogen-bond donors (Lipinski definition) is 1. The van der Waals surface area contributed by atoms with Crippen molar-refractivity contribution in [1.29, 1.82) is 0 Å². The molecule has 0 spiro atoms. The summed E-state index contributed by atoms with van der Waals surface area (Å²) in [6.45, 7) is 9.38. The topological polar surface area (TPSA) is 47.6 Å². The molecule has 0 bridgehead atoms. The molecule has 0 radical (unpaired) electrons. The molecule has 1 N–H and O–H groups in total. The smallest absolute Gasteiger partial charge is 0.251 e. The minimum absolute atomic E-state index is 0.114. The van der Waals surface area contributed by atoms with Crippen LogP contribution < -0.4 is 14.8 Å². The molecule has 0 unspecified atom stereocenters. The number of ether oxygens (including phenoxy) is 2. The van der Waals surface area contributed by atoms with Gasteiger partial charge >= 0.3 is 0 Å². The molecule has 0 aliphatic rings. The highest BCUT2D eigenvalue weighted by Gasteiger charge is 2.14. The van der Waals surface area contributed by atoms with Gasteiger partial charge in [-0.05, 0) is 48.2 Å². The lowest BCUT2D eigenvalue weighted by Gasteiger charge is -2.19. The van der Waals surface area contributed by atoms with Crippen LogP contribution in [0.1, 0.15) is 49.2 Å². The number of nitrogens with one attached hydrogen (secondary N) is 1. The standard InChI is InChI=1S/C21H27NO3/c1-6-24-19-12-7-15(20(23)22-5)13-16(19)14-25-18-10-8-17(9-11-18)21(2,3)4/h7-13H,6,14H2,1-5H3,(H,22,23). The van der Waals surface area contributed by atoms with Gasteiger partial charge in [0.25, 0.3) is 5.91 Å². The van der Waals surface area contributed by atoms with Gasteiger partial charge in [-0.2, -0.15) is 0 Å². The van der Waals surface area contributed by atoms with E-state index < -0.39 is 0 Å². The van der Waals surface area contributed by atoms with Crippen LogP contribution in [0, 0.1) is 0 Å². The zero-order chi connectivity index (χ0) is 18.4. The highest BCUT2D eigenvalue weighted by Crippen LogP contribution is 2.26. The molecule has 4 heteroatoms. The molecule has 0 heterocycles. The van der Waals surface area contributed by atoms with E-state index in [-0.39, 0.29) is 11.3 Å². The number of carbonyl (C=O) groups is 1. The lowest BCUT2D eigenvalue weighted by Crippen LogP contribution is -2.18. The van der Waals surface area contributed by atoms with E-state index in [2.05, 4.69) is 38.2 Å². The minimum Gasteiger partial charge on any atom is -0.493 e. The first-order valence-electron chi connectivity index (χ1n) is 8.56. The number of amides is 1. The van der Waals surface area contributed by atoms with E-state index in [1.54, 1.807) is 13.1 Å². The first kappa shape index (κ1) is 18.8. The Morgan fingerprint density at radius 3 is 2.28 bits per heavy atom. The van der Waals surface area contributed by atoms with Crippen LogP contribution in [0.25, 0.3) is 0 Å². The van der Waals surface area contributed by atoms with Crippen LogP contribution in [0.2, 0.25) is 0 Å². The molecule has 1 amide bonds. The van der Waals surface area contributed by atoms with Crippen molar-refractivity contribution < 1.29 is 14.3 Å². The van der Waals surface area contributed by atoms with Gasteiger partial charge in [-0.3, -0.25) is 4.79 Å². The Balaban J connectivity index is 2.16. The SMILES string of the molecule is CCOc1ccc(C(=O)NC)cc1COc1ccc(C(C)(C)C)cc1. The molecule has 0 aliphatic heterocycles. The van der Waals surface area contributed by atoms with Crippen molar-refractivity contribution >= 4 is 5.91 Å². The van der Waals surface area contributed by atoms with E-state index in [1.165, 1.54) is 5.56 Å². The first-order valence-corrected chi connectivity index (χ1v) is 8.56. The van der Waals surface area contributed by atoms with Gasteiger partial charge in [-0.15, -0.1) is 0 Å². The van der Waals surface area contributed by atoms with E-state index in [1.807, 2.05) is 31.2 Å². The predicted octanol–water partition coefficient (Wildman–Crippen LogP) is 4.32. The molecule has 2 aromatic rings. The Morgan fingerprint density at radius 2 is 1.72 bits per heavy atom. The van der Waals surface area contributed by atoms with Crippen molar-refractivity contribution in [2.45, 2.75) is 39.7 Å². The Morgan fingerprint density at radius 1 is 1.04 bits per heavy atom. The van der Waals surface area contributed by atoms with Gasteiger partial charge in [-0.25, -0.2) is 0 Å². The summed E-state index contributed by atoms with van der Waals surface area (Å²) in [6.07, 6.45) is 0. The number of benzene rings is 2. The summed E-state index contributed by atoms with van der Waals surface area (Å²) in [4.78, 5) is 11.8. The predicted molar refractivity (Wildman–Crippen MR) is 100 cm³/mol. The largest absolute Gasteiger partial charge is 0.493 e. The molecule has 0 aliphatic carbocycles. The highest BCUT2D eigenvalue weighted by molar-refractivity contribution is 5.94. The summed E-state index contributed by atoms with van der Waals surface area (Å²) in [5, 5.41) is 2.63. The summed E-state index contributed by atoms with van der Waals surface area (Å²) >= 11 is 0. The fourth-order valence-corrected chi connectivity index (χ4v) is 2.49. The van der Waals surface area contributed by atoms with Gasteiger partial charge in [0.2, 0.25) is 0 Å². The van der Waals surface area contributed by atoms with Crippen molar-refractivity contribution in [2.24, 2.45) is 0 Å². The molecule has 0 fully saturated rings. The average molecular weight is 341 g/mol. The second-order valence-electron chi connectivity index (χ2n) is 6.90. The van der Waals surface area contributed by atoms with Crippen molar-refractivity contribution in [3.8, 4) is 11.5 Å². The summed E-state index contributed by atoms with van der Waals surface area (Å²) in [5.74, 6) is 1.40. The molecule has 0 aromatic heterocycles. The third-order valence-electron chi connectivity index (χ3n) is 3.96. The van der Waals surface area contributed by atoms with Crippen LogP contribution >= 0.6 is 0 Å². The molecule has 0 saturated carbocycles. The number of carbonyl (C=O) groups excluding carboxylic acids is 1. The second kappa shape index (κ2) is 8.06.